The van der Waals surface area contributed by atoms with Crippen molar-refractivity contribution in [3.05, 3.63) is 0 Å². The maximum Gasteiger partial charge on any atom is 0.250 e. The SMILES string of the molecule is CCOC(C)C1=NC(C(C)C)C(=O)N1. The monoisotopic (exact) mass is 198 g/mol. The lowest BCUT2D eigenvalue weighted by atomic mass is 10.1. The number of hydrogen-bond acceptors (Lipinski definition) is 3. The van der Waals surface area contributed by atoms with Crippen molar-refractivity contribution in [2.75, 3.05) is 6.61 Å². The molecule has 0 radical (unpaired) electrons. The second kappa shape index (κ2) is 4.55. The number of amidine groups is 1. The molecule has 1 aliphatic rings. The molecule has 0 aromatic heterocycles. The minimum absolute atomic E-state index is 0.0125. The largest absolute Gasteiger partial charge is 0.371 e. The fourth-order valence-corrected chi connectivity index (χ4v) is 1.43. The maximum atomic E-state index is 11.5. The number of ether oxygens (including phenoxy) is 1. The number of amides is 1. The summed E-state index contributed by atoms with van der Waals surface area (Å²) >= 11 is 0. The molecule has 4 nitrogen and oxygen atoms in total. The van der Waals surface area contributed by atoms with Crippen LogP contribution in [-0.2, 0) is 9.53 Å². The molecule has 0 spiro atoms. The third-order valence-corrected chi connectivity index (χ3v) is 2.23. The van der Waals surface area contributed by atoms with Crippen LogP contribution in [0.1, 0.15) is 27.7 Å². The van der Waals surface area contributed by atoms with Gasteiger partial charge in [0.05, 0.1) is 0 Å². The number of nitrogens with one attached hydrogen (secondary N) is 1. The first-order chi connectivity index (χ1) is 6.56. The molecule has 1 heterocycles. The summed E-state index contributed by atoms with van der Waals surface area (Å²) in [5, 5.41) is 2.76. The van der Waals surface area contributed by atoms with Crippen LogP contribution >= 0.6 is 0 Å². The topological polar surface area (TPSA) is 50.7 Å². The van der Waals surface area contributed by atoms with Crippen LogP contribution in [0.3, 0.4) is 0 Å². The standard InChI is InChI=1S/C10H18N2O2/c1-5-14-7(4)9-11-8(6(2)3)10(13)12-9/h6-8H,5H2,1-4H3,(H,11,12,13). The summed E-state index contributed by atoms with van der Waals surface area (Å²) in [5.74, 6) is 0.887. The fourth-order valence-electron chi connectivity index (χ4n) is 1.43. The van der Waals surface area contributed by atoms with Crippen molar-refractivity contribution < 1.29 is 9.53 Å². The summed E-state index contributed by atoms with van der Waals surface area (Å²) in [7, 11) is 0. The van der Waals surface area contributed by atoms with Gasteiger partial charge in [0.1, 0.15) is 18.0 Å². The normalized spacial score (nSPS) is 23.6. The summed E-state index contributed by atoms with van der Waals surface area (Å²) in [5.41, 5.74) is 0. The lowest BCUT2D eigenvalue weighted by Crippen LogP contribution is -2.36. The van der Waals surface area contributed by atoms with E-state index in [9.17, 15) is 4.79 Å². The average Bonchev–Trinajstić information content (AvgIpc) is 2.48. The van der Waals surface area contributed by atoms with Gasteiger partial charge in [0, 0.05) is 6.61 Å². The highest BCUT2D eigenvalue weighted by molar-refractivity contribution is 6.07. The second-order valence-electron chi connectivity index (χ2n) is 3.79. The molecule has 2 unspecified atom stereocenters. The van der Waals surface area contributed by atoms with Gasteiger partial charge in [0.15, 0.2) is 0 Å². The molecule has 14 heavy (non-hydrogen) atoms. The van der Waals surface area contributed by atoms with Crippen LogP contribution in [0.15, 0.2) is 4.99 Å². The first kappa shape index (κ1) is 11.2. The van der Waals surface area contributed by atoms with E-state index < -0.39 is 0 Å². The lowest BCUT2D eigenvalue weighted by molar-refractivity contribution is -0.120. The third-order valence-electron chi connectivity index (χ3n) is 2.23. The Morgan fingerprint density at radius 1 is 1.50 bits per heavy atom. The van der Waals surface area contributed by atoms with Gasteiger partial charge in [-0.3, -0.25) is 9.79 Å². The van der Waals surface area contributed by atoms with Gasteiger partial charge >= 0.3 is 0 Å². The predicted octanol–water partition coefficient (Wildman–Crippen LogP) is 0.964. The molecule has 1 aliphatic heterocycles. The number of hydrogen-bond donors (Lipinski definition) is 1. The van der Waals surface area contributed by atoms with Gasteiger partial charge in [-0.1, -0.05) is 13.8 Å². The highest BCUT2D eigenvalue weighted by atomic mass is 16.5. The zero-order valence-electron chi connectivity index (χ0n) is 9.20. The Labute approximate surface area is 84.7 Å². The third kappa shape index (κ3) is 2.32. The van der Waals surface area contributed by atoms with E-state index in [1.807, 2.05) is 27.7 Å². The van der Waals surface area contributed by atoms with E-state index in [0.717, 1.165) is 0 Å². The van der Waals surface area contributed by atoms with Gasteiger partial charge in [-0.15, -0.1) is 0 Å². The van der Waals surface area contributed by atoms with Crippen LogP contribution in [-0.4, -0.2) is 30.5 Å². The van der Waals surface area contributed by atoms with Gasteiger partial charge < -0.3 is 10.1 Å². The number of rotatable bonds is 4. The van der Waals surface area contributed by atoms with Crippen molar-refractivity contribution in [3.63, 3.8) is 0 Å². The highest BCUT2D eigenvalue weighted by Gasteiger charge is 2.30. The molecule has 80 valence electrons. The zero-order chi connectivity index (χ0) is 10.7. The van der Waals surface area contributed by atoms with Crippen molar-refractivity contribution >= 4 is 11.7 Å². The van der Waals surface area contributed by atoms with E-state index >= 15 is 0 Å². The van der Waals surface area contributed by atoms with Crippen LogP contribution in [0, 0.1) is 5.92 Å². The van der Waals surface area contributed by atoms with Crippen molar-refractivity contribution in [2.24, 2.45) is 10.9 Å². The summed E-state index contributed by atoms with van der Waals surface area (Å²) in [6.45, 7) is 8.42. The average molecular weight is 198 g/mol. The molecule has 0 saturated heterocycles. The lowest BCUT2D eigenvalue weighted by Gasteiger charge is -2.10. The molecular formula is C10H18N2O2. The summed E-state index contributed by atoms with van der Waals surface area (Å²) in [6, 6.07) is -0.243. The molecule has 1 N–H and O–H groups in total. The molecule has 1 rings (SSSR count). The number of nitrogens with zero attached hydrogens (tertiary/aromatic N) is 1. The summed E-state index contributed by atoms with van der Waals surface area (Å²) in [6.07, 6.45) is -0.118. The molecule has 0 bridgehead atoms. The molecular weight excluding hydrogens is 180 g/mol. The smallest absolute Gasteiger partial charge is 0.250 e. The zero-order valence-corrected chi connectivity index (χ0v) is 9.20. The van der Waals surface area contributed by atoms with Gasteiger partial charge in [-0.05, 0) is 19.8 Å². The van der Waals surface area contributed by atoms with Gasteiger partial charge in [0.2, 0.25) is 5.91 Å². The van der Waals surface area contributed by atoms with E-state index in [0.29, 0.717) is 12.4 Å². The van der Waals surface area contributed by atoms with E-state index in [4.69, 9.17) is 4.74 Å². The van der Waals surface area contributed by atoms with Crippen molar-refractivity contribution in [1.29, 1.82) is 0 Å². The number of carbonyl (C=O) groups is 1. The number of carbonyl (C=O) groups excluding carboxylic acids is 1. The predicted molar refractivity (Wildman–Crippen MR) is 55.3 cm³/mol. The fraction of sp³-hybridized carbons (Fsp3) is 0.800. The van der Waals surface area contributed by atoms with Crippen LogP contribution in [0.25, 0.3) is 0 Å². The van der Waals surface area contributed by atoms with E-state index in [2.05, 4.69) is 10.3 Å². The molecule has 0 aromatic rings. The van der Waals surface area contributed by atoms with Crippen LogP contribution in [0.5, 0.6) is 0 Å². The van der Waals surface area contributed by atoms with Gasteiger partial charge in [0.25, 0.3) is 0 Å². The summed E-state index contributed by atoms with van der Waals surface area (Å²) < 4.78 is 5.36. The molecule has 0 fully saturated rings. The Morgan fingerprint density at radius 3 is 2.57 bits per heavy atom. The minimum atomic E-state index is -0.243. The van der Waals surface area contributed by atoms with Crippen molar-refractivity contribution in [2.45, 2.75) is 39.8 Å². The Morgan fingerprint density at radius 2 is 2.14 bits per heavy atom. The molecule has 1 amide bonds. The van der Waals surface area contributed by atoms with Crippen molar-refractivity contribution in [3.8, 4) is 0 Å². The minimum Gasteiger partial charge on any atom is -0.371 e. The van der Waals surface area contributed by atoms with E-state index in [1.54, 1.807) is 0 Å². The van der Waals surface area contributed by atoms with Gasteiger partial charge in [-0.25, -0.2) is 0 Å². The molecule has 4 heteroatoms. The maximum absolute atomic E-state index is 11.5. The summed E-state index contributed by atoms with van der Waals surface area (Å²) in [4.78, 5) is 15.8. The molecule has 0 aliphatic carbocycles. The Balaban J connectivity index is 2.65. The Kier molecular flexibility index (Phi) is 3.63. The van der Waals surface area contributed by atoms with Gasteiger partial charge in [-0.2, -0.15) is 0 Å². The number of aliphatic imine (C=N–C) groups is 1. The van der Waals surface area contributed by atoms with Crippen LogP contribution in [0.4, 0.5) is 0 Å². The second-order valence-corrected chi connectivity index (χ2v) is 3.79. The van der Waals surface area contributed by atoms with E-state index in [1.165, 1.54) is 0 Å². The Bertz CT molecular complexity index is 249. The first-order valence-corrected chi connectivity index (χ1v) is 5.06. The highest BCUT2D eigenvalue weighted by Crippen LogP contribution is 2.13. The van der Waals surface area contributed by atoms with E-state index in [-0.39, 0.29) is 24.0 Å². The van der Waals surface area contributed by atoms with Crippen molar-refractivity contribution in [1.82, 2.24) is 5.32 Å². The van der Waals surface area contributed by atoms with Crippen LogP contribution in [0.2, 0.25) is 0 Å². The molecule has 0 aromatic carbocycles. The quantitative estimate of drug-likeness (QED) is 0.731. The molecule has 2 atom stereocenters. The Hall–Kier alpha value is -0.900. The molecule has 0 saturated carbocycles. The first-order valence-electron chi connectivity index (χ1n) is 5.06. The van der Waals surface area contributed by atoms with Crippen LogP contribution < -0.4 is 5.32 Å².